The minimum Gasteiger partial charge on any atom is -0.325 e. The first kappa shape index (κ1) is 21.4. The standard InChI is InChI=1S/C24H29N5OS/c1-5-7-20-26-27-24-29(20)28-21(18-11-9-17(6-2)10-12-18)22(31-24)23(30)25-19-13-8-15(3)14-16(19)4/h8-14,21-22,28H,5-7H2,1-4H3,(H,25,30)/t21-,22+/m0/s1. The van der Waals surface area contributed by atoms with Gasteiger partial charge in [0.25, 0.3) is 0 Å². The SMILES string of the molecule is CCCc1nnc2n1N[C@@H](c1ccc(CC)cc1)[C@H](C(=O)Nc1ccc(C)cc1C)S2. The lowest BCUT2D eigenvalue weighted by Gasteiger charge is -2.33. The van der Waals surface area contributed by atoms with Gasteiger partial charge in [0, 0.05) is 12.1 Å². The number of carbonyl (C=O) groups is 1. The molecule has 1 aliphatic heterocycles. The average Bonchev–Trinajstić information content (AvgIpc) is 3.17. The van der Waals surface area contributed by atoms with Crippen molar-refractivity contribution in [1.29, 1.82) is 0 Å². The van der Waals surface area contributed by atoms with Gasteiger partial charge in [-0.2, -0.15) is 0 Å². The van der Waals surface area contributed by atoms with Crippen LogP contribution < -0.4 is 10.7 Å². The molecule has 31 heavy (non-hydrogen) atoms. The molecule has 3 aromatic rings. The number of benzene rings is 2. The topological polar surface area (TPSA) is 71.8 Å². The zero-order chi connectivity index (χ0) is 22.0. The Morgan fingerprint density at radius 2 is 1.90 bits per heavy atom. The first-order valence-corrected chi connectivity index (χ1v) is 11.7. The summed E-state index contributed by atoms with van der Waals surface area (Å²) in [4.78, 5) is 13.4. The van der Waals surface area contributed by atoms with Crippen LogP contribution >= 0.6 is 11.8 Å². The van der Waals surface area contributed by atoms with Crippen molar-refractivity contribution in [2.45, 2.75) is 63.4 Å². The quantitative estimate of drug-likeness (QED) is 0.581. The summed E-state index contributed by atoms with van der Waals surface area (Å²) in [6.07, 6.45) is 2.80. The van der Waals surface area contributed by atoms with Gasteiger partial charge in [-0.05, 0) is 49.4 Å². The summed E-state index contributed by atoms with van der Waals surface area (Å²) in [5.74, 6) is 0.855. The molecule has 1 amide bonds. The first-order valence-electron chi connectivity index (χ1n) is 10.8. The highest BCUT2D eigenvalue weighted by Crippen LogP contribution is 2.38. The number of fused-ring (bicyclic) bond motifs is 1. The van der Waals surface area contributed by atoms with Gasteiger partial charge >= 0.3 is 0 Å². The predicted octanol–water partition coefficient (Wildman–Crippen LogP) is 4.81. The molecule has 0 saturated carbocycles. The molecular formula is C24H29N5OS. The highest BCUT2D eigenvalue weighted by Gasteiger charge is 2.37. The van der Waals surface area contributed by atoms with Crippen LogP contribution in [0, 0.1) is 13.8 Å². The van der Waals surface area contributed by atoms with Crippen LogP contribution in [0.5, 0.6) is 0 Å². The van der Waals surface area contributed by atoms with Gasteiger partial charge < -0.3 is 10.7 Å². The molecule has 0 fully saturated rings. The molecular weight excluding hydrogens is 406 g/mol. The van der Waals surface area contributed by atoms with Crippen molar-refractivity contribution in [3.8, 4) is 0 Å². The molecule has 2 aromatic carbocycles. The number of anilines is 1. The molecule has 2 N–H and O–H groups in total. The molecule has 0 saturated heterocycles. The molecule has 4 rings (SSSR count). The fourth-order valence-electron chi connectivity index (χ4n) is 3.85. The Morgan fingerprint density at radius 1 is 1.13 bits per heavy atom. The number of hydrogen-bond donors (Lipinski definition) is 2. The van der Waals surface area contributed by atoms with E-state index < -0.39 is 0 Å². The Bertz CT molecular complexity index is 1080. The normalized spacial score (nSPS) is 17.7. The number of amides is 1. The van der Waals surface area contributed by atoms with Gasteiger partial charge in [-0.1, -0.05) is 67.6 Å². The third kappa shape index (κ3) is 4.46. The number of nitrogens with zero attached hydrogens (tertiary/aromatic N) is 3. The van der Waals surface area contributed by atoms with Crippen LogP contribution in [0.3, 0.4) is 0 Å². The van der Waals surface area contributed by atoms with E-state index >= 15 is 0 Å². The number of hydrogen-bond acceptors (Lipinski definition) is 5. The fraction of sp³-hybridized carbons (Fsp3) is 0.375. The summed E-state index contributed by atoms with van der Waals surface area (Å²) < 4.78 is 1.95. The van der Waals surface area contributed by atoms with Gasteiger partial charge in [-0.25, -0.2) is 4.68 Å². The van der Waals surface area contributed by atoms with Crippen molar-refractivity contribution in [3.05, 3.63) is 70.5 Å². The predicted molar refractivity (Wildman–Crippen MR) is 126 cm³/mol. The lowest BCUT2D eigenvalue weighted by Crippen LogP contribution is -2.41. The third-order valence-electron chi connectivity index (χ3n) is 5.62. The molecule has 0 unspecified atom stereocenters. The minimum atomic E-state index is -0.376. The van der Waals surface area contributed by atoms with Crippen molar-refractivity contribution in [3.63, 3.8) is 0 Å². The summed E-state index contributed by atoms with van der Waals surface area (Å²) in [7, 11) is 0. The number of aryl methyl sites for hydroxylation is 4. The number of thioether (sulfide) groups is 1. The van der Waals surface area contributed by atoms with E-state index in [0.29, 0.717) is 0 Å². The Labute approximate surface area is 187 Å². The van der Waals surface area contributed by atoms with Gasteiger partial charge in [0.1, 0.15) is 5.25 Å². The zero-order valence-electron chi connectivity index (χ0n) is 18.5. The maximum Gasteiger partial charge on any atom is 0.240 e. The van der Waals surface area contributed by atoms with E-state index in [1.54, 1.807) is 0 Å². The van der Waals surface area contributed by atoms with E-state index in [4.69, 9.17) is 0 Å². The molecule has 0 aliphatic carbocycles. The van der Waals surface area contributed by atoms with E-state index in [1.807, 2.05) is 23.7 Å². The van der Waals surface area contributed by atoms with Crippen molar-refractivity contribution < 1.29 is 4.79 Å². The summed E-state index contributed by atoms with van der Waals surface area (Å²) in [5, 5.41) is 12.2. The van der Waals surface area contributed by atoms with E-state index in [0.717, 1.165) is 47.1 Å². The van der Waals surface area contributed by atoms with Crippen molar-refractivity contribution in [1.82, 2.24) is 14.9 Å². The highest BCUT2D eigenvalue weighted by atomic mass is 32.2. The van der Waals surface area contributed by atoms with E-state index in [2.05, 4.69) is 72.0 Å². The smallest absolute Gasteiger partial charge is 0.240 e. The van der Waals surface area contributed by atoms with Crippen molar-refractivity contribution in [2.75, 3.05) is 10.7 Å². The third-order valence-corrected chi connectivity index (χ3v) is 6.84. The lowest BCUT2D eigenvalue weighted by atomic mass is 10.0. The zero-order valence-corrected chi connectivity index (χ0v) is 19.3. The van der Waals surface area contributed by atoms with Crippen LogP contribution in [-0.2, 0) is 17.6 Å². The fourth-order valence-corrected chi connectivity index (χ4v) is 4.95. The first-order chi connectivity index (χ1) is 15.0. The molecule has 7 heteroatoms. The maximum absolute atomic E-state index is 13.4. The number of carbonyl (C=O) groups excluding carboxylic acids is 1. The van der Waals surface area contributed by atoms with Crippen molar-refractivity contribution in [2.24, 2.45) is 0 Å². The maximum atomic E-state index is 13.4. The number of nitrogens with one attached hydrogen (secondary N) is 2. The van der Waals surface area contributed by atoms with Crippen LogP contribution in [0.25, 0.3) is 0 Å². The van der Waals surface area contributed by atoms with Crippen LogP contribution in [0.15, 0.2) is 47.6 Å². The molecule has 6 nitrogen and oxygen atoms in total. The van der Waals surface area contributed by atoms with Gasteiger partial charge in [-0.15, -0.1) is 10.2 Å². The van der Waals surface area contributed by atoms with Gasteiger partial charge in [0.2, 0.25) is 11.1 Å². The summed E-state index contributed by atoms with van der Waals surface area (Å²) in [6, 6.07) is 14.4. The average molecular weight is 436 g/mol. The lowest BCUT2D eigenvalue weighted by molar-refractivity contribution is -0.116. The molecule has 0 bridgehead atoms. The number of rotatable bonds is 6. The Kier molecular flexibility index (Phi) is 6.32. The molecule has 2 atom stereocenters. The second-order valence-corrected chi connectivity index (χ2v) is 9.14. The largest absolute Gasteiger partial charge is 0.325 e. The molecule has 1 aliphatic rings. The number of aromatic nitrogens is 3. The summed E-state index contributed by atoms with van der Waals surface area (Å²) >= 11 is 1.47. The molecule has 1 aromatic heterocycles. The van der Waals surface area contributed by atoms with Gasteiger partial charge in [0.15, 0.2) is 5.82 Å². The van der Waals surface area contributed by atoms with Crippen LogP contribution in [-0.4, -0.2) is 26.0 Å². The summed E-state index contributed by atoms with van der Waals surface area (Å²) in [5.41, 5.74) is 8.96. The Morgan fingerprint density at radius 3 is 2.58 bits per heavy atom. The molecule has 0 radical (unpaired) electrons. The monoisotopic (exact) mass is 435 g/mol. The van der Waals surface area contributed by atoms with E-state index in [-0.39, 0.29) is 17.2 Å². The van der Waals surface area contributed by atoms with Crippen LogP contribution in [0.4, 0.5) is 5.69 Å². The second kappa shape index (κ2) is 9.14. The molecule has 2 heterocycles. The van der Waals surface area contributed by atoms with Crippen molar-refractivity contribution >= 4 is 23.4 Å². The second-order valence-electron chi connectivity index (χ2n) is 8.03. The van der Waals surface area contributed by atoms with Gasteiger partial charge in [0.05, 0.1) is 6.04 Å². The molecule has 162 valence electrons. The van der Waals surface area contributed by atoms with Crippen LogP contribution in [0.2, 0.25) is 0 Å². The molecule has 0 spiro atoms. The van der Waals surface area contributed by atoms with E-state index in [9.17, 15) is 4.79 Å². The van der Waals surface area contributed by atoms with E-state index in [1.165, 1.54) is 22.9 Å². The van der Waals surface area contributed by atoms with Crippen LogP contribution in [0.1, 0.15) is 54.4 Å². The minimum absolute atomic E-state index is 0.0414. The van der Waals surface area contributed by atoms with Gasteiger partial charge in [-0.3, -0.25) is 4.79 Å². The highest BCUT2D eigenvalue weighted by molar-refractivity contribution is 8.00. The Balaban J connectivity index is 1.67. The Hall–Kier alpha value is -2.80. The summed E-state index contributed by atoms with van der Waals surface area (Å²) in [6.45, 7) is 8.34.